The van der Waals surface area contributed by atoms with Crippen molar-refractivity contribution in [1.82, 2.24) is 4.90 Å². The van der Waals surface area contributed by atoms with Gasteiger partial charge in [0.2, 0.25) is 0 Å². The highest BCUT2D eigenvalue weighted by atomic mass is 35.5. The molecule has 1 aromatic rings. The second kappa shape index (κ2) is 4.64. The Kier molecular flexibility index (Phi) is 3.41. The molecule has 2 rings (SSSR count). The molecule has 0 radical (unpaired) electrons. The summed E-state index contributed by atoms with van der Waals surface area (Å²) in [6, 6.07) is 8.23. The van der Waals surface area contributed by atoms with Gasteiger partial charge >= 0.3 is 0 Å². The van der Waals surface area contributed by atoms with Gasteiger partial charge in [-0.2, -0.15) is 0 Å². The number of alkyl halides is 1. The van der Waals surface area contributed by atoms with E-state index < -0.39 is 0 Å². The number of nitrogens with zero attached hydrogens (tertiary/aromatic N) is 1. The van der Waals surface area contributed by atoms with E-state index in [4.69, 9.17) is 16.3 Å². The van der Waals surface area contributed by atoms with Gasteiger partial charge in [0.15, 0.2) is 0 Å². The van der Waals surface area contributed by atoms with Gasteiger partial charge in [0.25, 0.3) is 0 Å². The maximum absolute atomic E-state index is 6.34. The summed E-state index contributed by atoms with van der Waals surface area (Å²) in [6.45, 7) is 5.13. The van der Waals surface area contributed by atoms with Crippen LogP contribution in [-0.2, 0) is 6.54 Å². The molecule has 0 N–H and O–H groups in total. The fourth-order valence-corrected chi connectivity index (χ4v) is 2.42. The van der Waals surface area contributed by atoms with Crippen LogP contribution in [0.25, 0.3) is 0 Å². The molecule has 0 aliphatic carbocycles. The van der Waals surface area contributed by atoms with E-state index in [1.807, 2.05) is 12.1 Å². The van der Waals surface area contributed by atoms with E-state index in [-0.39, 0.29) is 4.87 Å². The molecule has 0 bridgehead atoms. The van der Waals surface area contributed by atoms with E-state index >= 15 is 0 Å². The van der Waals surface area contributed by atoms with Gasteiger partial charge in [-0.25, -0.2) is 0 Å². The fourth-order valence-electron chi connectivity index (χ4n) is 2.08. The van der Waals surface area contributed by atoms with E-state index in [1.165, 1.54) is 5.56 Å². The molecule has 16 heavy (non-hydrogen) atoms. The van der Waals surface area contributed by atoms with Crippen molar-refractivity contribution < 1.29 is 4.74 Å². The van der Waals surface area contributed by atoms with Gasteiger partial charge in [-0.05, 0) is 24.1 Å². The monoisotopic (exact) mass is 239 g/mol. The zero-order valence-electron chi connectivity index (χ0n) is 9.87. The highest BCUT2D eigenvalue weighted by molar-refractivity contribution is 6.24. The summed E-state index contributed by atoms with van der Waals surface area (Å²) < 4.78 is 5.13. The molecule has 88 valence electrons. The van der Waals surface area contributed by atoms with Crippen LogP contribution in [0, 0.1) is 0 Å². The van der Waals surface area contributed by atoms with Crippen molar-refractivity contribution in [1.29, 1.82) is 0 Å². The first-order valence-corrected chi connectivity index (χ1v) is 6.07. The molecule has 0 saturated carbocycles. The first-order chi connectivity index (χ1) is 7.65. The molecule has 0 spiro atoms. The summed E-state index contributed by atoms with van der Waals surface area (Å²) >= 11 is 6.34. The van der Waals surface area contributed by atoms with Crippen LogP contribution >= 0.6 is 11.6 Å². The molecule has 1 saturated heterocycles. The Bertz CT molecular complexity index is 343. The average molecular weight is 240 g/mol. The van der Waals surface area contributed by atoms with E-state index in [0.29, 0.717) is 0 Å². The van der Waals surface area contributed by atoms with Gasteiger partial charge in [0.05, 0.1) is 12.0 Å². The van der Waals surface area contributed by atoms with Crippen molar-refractivity contribution in [3.05, 3.63) is 29.8 Å². The van der Waals surface area contributed by atoms with Crippen LogP contribution in [0.1, 0.15) is 18.9 Å². The number of ether oxygens (including phenoxy) is 1. The van der Waals surface area contributed by atoms with Crippen molar-refractivity contribution in [2.24, 2.45) is 0 Å². The molecular weight excluding hydrogens is 222 g/mol. The van der Waals surface area contributed by atoms with Crippen molar-refractivity contribution in [3.63, 3.8) is 0 Å². The van der Waals surface area contributed by atoms with Crippen molar-refractivity contribution >= 4 is 11.6 Å². The van der Waals surface area contributed by atoms with Gasteiger partial charge in [0.1, 0.15) is 5.75 Å². The Morgan fingerprint density at radius 3 is 2.44 bits per heavy atom. The van der Waals surface area contributed by atoms with Gasteiger partial charge < -0.3 is 4.74 Å². The summed E-state index contributed by atoms with van der Waals surface area (Å²) in [4.78, 5) is 2.41. The molecule has 0 aromatic heterocycles. The van der Waals surface area contributed by atoms with Crippen LogP contribution in [-0.4, -0.2) is 30.0 Å². The average Bonchev–Trinajstić information content (AvgIpc) is 2.28. The zero-order chi connectivity index (χ0) is 11.6. The molecule has 1 aromatic carbocycles. The molecule has 1 aliphatic heterocycles. The lowest BCUT2D eigenvalue weighted by Gasteiger charge is -2.45. The number of methoxy groups -OCH3 is 1. The smallest absolute Gasteiger partial charge is 0.118 e. The fraction of sp³-hybridized carbons (Fsp3) is 0.538. The van der Waals surface area contributed by atoms with Crippen molar-refractivity contribution in [3.8, 4) is 5.75 Å². The Morgan fingerprint density at radius 1 is 1.31 bits per heavy atom. The number of hydrogen-bond donors (Lipinski definition) is 0. The Hall–Kier alpha value is -0.730. The maximum atomic E-state index is 6.34. The number of rotatable bonds is 4. The number of hydrogen-bond acceptors (Lipinski definition) is 2. The Labute approximate surface area is 102 Å². The maximum Gasteiger partial charge on any atom is 0.118 e. The number of benzene rings is 1. The molecule has 0 unspecified atom stereocenters. The molecule has 1 fully saturated rings. The molecule has 3 heteroatoms. The second-order valence-corrected chi connectivity index (χ2v) is 5.30. The van der Waals surface area contributed by atoms with Gasteiger partial charge in [-0.3, -0.25) is 4.90 Å². The van der Waals surface area contributed by atoms with Crippen LogP contribution in [0.3, 0.4) is 0 Å². The normalized spacial score (nSPS) is 19.2. The first kappa shape index (κ1) is 11.7. The molecule has 1 heterocycles. The molecule has 0 atom stereocenters. The second-order valence-electron chi connectivity index (χ2n) is 4.50. The Balaban J connectivity index is 1.87. The standard InChI is InChI=1S/C13H18ClNO/c1-3-13(14)9-15(10-13)8-11-4-6-12(16-2)7-5-11/h4-7H,3,8-10H2,1-2H3. The van der Waals surface area contributed by atoms with Crippen LogP contribution in [0.2, 0.25) is 0 Å². The number of likely N-dealkylation sites (tertiary alicyclic amines) is 1. The van der Waals surface area contributed by atoms with Crippen LogP contribution in [0.5, 0.6) is 5.75 Å². The van der Waals surface area contributed by atoms with Gasteiger partial charge in [-0.1, -0.05) is 19.1 Å². The van der Waals surface area contributed by atoms with Crippen molar-refractivity contribution in [2.45, 2.75) is 24.8 Å². The largest absolute Gasteiger partial charge is 0.497 e. The van der Waals surface area contributed by atoms with E-state index in [9.17, 15) is 0 Å². The topological polar surface area (TPSA) is 12.5 Å². The third kappa shape index (κ3) is 2.50. The van der Waals surface area contributed by atoms with Gasteiger partial charge in [-0.15, -0.1) is 11.6 Å². The highest BCUT2D eigenvalue weighted by Gasteiger charge is 2.39. The van der Waals surface area contributed by atoms with E-state index in [1.54, 1.807) is 7.11 Å². The third-order valence-corrected chi connectivity index (χ3v) is 3.72. The lowest BCUT2D eigenvalue weighted by atomic mass is 9.95. The molecule has 1 aliphatic rings. The first-order valence-electron chi connectivity index (χ1n) is 5.69. The van der Waals surface area contributed by atoms with E-state index in [2.05, 4.69) is 24.0 Å². The minimum atomic E-state index is 0.0342. The quantitative estimate of drug-likeness (QED) is 0.750. The molecule has 0 amide bonds. The zero-order valence-corrected chi connectivity index (χ0v) is 10.6. The molecule has 2 nitrogen and oxygen atoms in total. The minimum Gasteiger partial charge on any atom is -0.497 e. The Morgan fingerprint density at radius 2 is 1.94 bits per heavy atom. The SMILES string of the molecule is CCC1(Cl)CN(Cc2ccc(OC)cc2)C1. The summed E-state index contributed by atoms with van der Waals surface area (Å²) in [6.07, 6.45) is 1.05. The highest BCUT2D eigenvalue weighted by Crippen LogP contribution is 2.32. The van der Waals surface area contributed by atoms with Crippen molar-refractivity contribution in [2.75, 3.05) is 20.2 Å². The van der Waals surface area contributed by atoms with Crippen LogP contribution in [0.4, 0.5) is 0 Å². The predicted molar refractivity (Wildman–Crippen MR) is 67.1 cm³/mol. The van der Waals surface area contributed by atoms with E-state index in [0.717, 1.165) is 31.8 Å². The number of halogens is 1. The van der Waals surface area contributed by atoms with Crippen LogP contribution < -0.4 is 4.74 Å². The molecular formula is C13H18ClNO. The summed E-state index contributed by atoms with van der Waals surface area (Å²) in [5.74, 6) is 0.910. The van der Waals surface area contributed by atoms with Gasteiger partial charge in [0, 0.05) is 19.6 Å². The lowest BCUT2D eigenvalue weighted by molar-refractivity contribution is 0.111. The lowest BCUT2D eigenvalue weighted by Crippen LogP contribution is -2.57. The predicted octanol–water partition coefficient (Wildman–Crippen LogP) is 2.90. The summed E-state index contributed by atoms with van der Waals surface area (Å²) in [5, 5.41) is 0. The third-order valence-electron chi connectivity index (χ3n) is 3.21. The summed E-state index contributed by atoms with van der Waals surface area (Å²) in [5.41, 5.74) is 1.32. The summed E-state index contributed by atoms with van der Waals surface area (Å²) in [7, 11) is 1.69. The minimum absolute atomic E-state index is 0.0342. The van der Waals surface area contributed by atoms with Crippen LogP contribution in [0.15, 0.2) is 24.3 Å².